The number of hydrogen-bond donors (Lipinski definition) is 0. The van der Waals surface area contributed by atoms with Crippen LogP contribution in [0.5, 0.6) is 5.75 Å². The summed E-state index contributed by atoms with van der Waals surface area (Å²) in [6.07, 6.45) is 3.74. The van der Waals surface area contributed by atoms with Crippen molar-refractivity contribution in [1.29, 1.82) is 0 Å². The number of benzene rings is 3. The standard InChI is InChI=1S/C31H25NO6/c1-37-24-14-12-18(13-15-24)27(33)28(19-6-3-2-4-7-19)38-31(36)22-8-5-9-23(17-22)32-29(34)25-20-10-11-21(16-20)26(25)30(32)35/h2-15,17,20-21,25-26,28H,16H2,1H3/t20-,21-,25-,26+,28+/m0/s1. The van der Waals surface area contributed by atoms with Crippen molar-refractivity contribution >= 4 is 29.3 Å². The van der Waals surface area contributed by atoms with Crippen LogP contribution in [0.1, 0.15) is 38.8 Å². The summed E-state index contributed by atoms with van der Waals surface area (Å²) in [4.78, 5) is 54.4. The molecule has 3 aromatic carbocycles. The van der Waals surface area contributed by atoms with Gasteiger partial charge in [-0.05, 0) is 60.7 Å². The fourth-order valence-corrected chi connectivity index (χ4v) is 5.91. The number of Topliss-reactive ketones (excluding diaryl/α,β-unsaturated/α-hetero) is 1. The van der Waals surface area contributed by atoms with Crippen LogP contribution in [0, 0.1) is 23.7 Å². The number of ether oxygens (including phenoxy) is 2. The third-order valence-electron chi connectivity index (χ3n) is 7.75. The fraction of sp³-hybridized carbons (Fsp3) is 0.226. The molecule has 0 spiro atoms. The van der Waals surface area contributed by atoms with E-state index in [2.05, 4.69) is 0 Å². The Labute approximate surface area is 219 Å². The van der Waals surface area contributed by atoms with E-state index in [1.807, 2.05) is 18.2 Å². The number of esters is 1. The highest BCUT2D eigenvalue weighted by molar-refractivity contribution is 6.23. The lowest BCUT2D eigenvalue weighted by atomic mass is 9.85. The quantitative estimate of drug-likeness (QED) is 0.198. The van der Waals surface area contributed by atoms with E-state index in [4.69, 9.17) is 9.47 Å². The number of amides is 2. The summed E-state index contributed by atoms with van der Waals surface area (Å²) in [6, 6.07) is 21.6. The van der Waals surface area contributed by atoms with Gasteiger partial charge in [-0.2, -0.15) is 0 Å². The maximum Gasteiger partial charge on any atom is 0.339 e. The number of ketones is 1. The van der Waals surface area contributed by atoms with E-state index in [0.29, 0.717) is 22.6 Å². The van der Waals surface area contributed by atoms with Crippen LogP contribution < -0.4 is 9.64 Å². The summed E-state index contributed by atoms with van der Waals surface area (Å²) in [5.74, 6) is -1.45. The number of nitrogens with zero attached hydrogens (tertiary/aromatic N) is 1. The molecule has 7 nitrogen and oxygen atoms in total. The second kappa shape index (κ2) is 9.41. The van der Waals surface area contributed by atoms with E-state index < -0.39 is 12.1 Å². The molecule has 2 amide bonds. The second-order valence-corrected chi connectivity index (χ2v) is 9.85. The average molecular weight is 508 g/mol. The van der Waals surface area contributed by atoms with Gasteiger partial charge in [-0.25, -0.2) is 9.69 Å². The maximum absolute atomic E-state index is 13.4. The molecule has 7 heteroatoms. The van der Waals surface area contributed by atoms with Crippen LogP contribution in [0.2, 0.25) is 0 Å². The Kier molecular flexibility index (Phi) is 5.91. The lowest BCUT2D eigenvalue weighted by molar-refractivity contribution is -0.123. The molecule has 190 valence electrons. The third-order valence-corrected chi connectivity index (χ3v) is 7.75. The molecule has 2 aliphatic carbocycles. The van der Waals surface area contributed by atoms with Gasteiger partial charge in [0.25, 0.3) is 0 Å². The van der Waals surface area contributed by atoms with E-state index in [-0.39, 0.29) is 46.8 Å². The predicted octanol–water partition coefficient (Wildman–Crippen LogP) is 4.79. The van der Waals surface area contributed by atoms with Crippen LogP contribution in [0.3, 0.4) is 0 Å². The molecule has 2 bridgehead atoms. The van der Waals surface area contributed by atoms with Crippen LogP contribution in [-0.2, 0) is 14.3 Å². The summed E-state index contributed by atoms with van der Waals surface area (Å²) in [6.45, 7) is 0. The van der Waals surface area contributed by atoms with E-state index >= 15 is 0 Å². The van der Waals surface area contributed by atoms with Gasteiger partial charge in [0.2, 0.25) is 17.6 Å². The Hall–Kier alpha value is -4.52. The van der Waals surface area contributed by atoms with Gasteiger partial charge in [0.1, 0.15) is 5.75 Å². The molecule has 1 saturated heterocycles. The zero-order valence-corrected chi connectivity index (χ0v) is 20.7. The number of carbonyl (C=O) groups excluding carboxylic acids is 4. The van der Waals surface area contributed by atoms with E-state index in [0.717, 1.165) is 6.42 Å². The van der Waals surface area contributed by atoms with Gasteiger partial charge in [-0.15, -0.1) is 0 Å². The number of fused-ring (bicyclic) bond motifs is 5. The Bertz CT molecular complexity index is 1430. The summed E-state index contributed by atoms with van der Waals surface area (Å²) in [7, 11) is 1.54. The second-order valence-electron chi connectivity index (χ2n) is 9.85. The molecular weight excluding hydrogens is 482 g/mol. The van der Waals surface area contributed by atoms with Crippen molar-refractivity contribution in [2.75, 3.05) is 12.0 Å². The predicted molar refractivity (Wildman–Crippen MR) is 139 cm³/mol. The van der Waals surface area contributed by atoms with Crippen molar-refractivity contribution < 1.29 is 28.7 Å². The van der Waals surface area contributed by atoms with Gasteiger partial charge in [0, 0.05) is 11.1 Å². The molecule has 3 aliphatic rings. The Balaban J connectivity index is 1.26. The molecule has 2 fully saturated rings. The summed E-state index contributed by atoms with van der Waals surface area (Å²) in [5, 5.41) is 0. The van der Waals surface area contributed by atoms with Gasteiger partial charge < -0.3 is 9.47 Å². The minimum absolute atomic E-state index is 0.0928. The number of allylic oxidation sites excluding steroid dienone is 2. The van der Waals surface area contributed by atoms with Crippen LogP contribution >= 0.6 is 0 Å². The number of carbonyl (C=O) groups is 4. The van der Waals surface area contributed by atoms with Crippen molar-refractivity contribution in [3.63, 3.8) is 0 Å². The van der Waals surface area contributed by atoms with Gasteiger partial charge in [-0.1, -0.05) is 48.6 Å². The first-order valence-electron chi connectivity index (χ1n) is 12.6. The van der Waals surface area contributed by atoms with Crippen molar-refractivity contribution in [3.8, 4) is 5.75 Å². The van der Waals surface area contributed by atoms with E-state index in [1.54, 1.807) is 66.7 Å². The average Bonchev–Trinajstić information content (AvgIpc) is 3.65. The van der Waals surface area contributed by atoms with Gasteiger partial charge in [0.05, 0.1) is 30.2 Å². The molecule has 0 radical (unpaired) electrons. The van der Waals surface area contributed by atoms with Gasteiger partial charge >= 0.3 is 5.97 Å². The number of rotatable bonds is 7. The van der Waals surface area contributed by atoms with Crippen LogP contribution in [0.25, 0.3) is 0 Å². The summed E-state index contributed by atoms with van der Waals surface area (Å²) < 4.78 is 10.9. The van der Waals surface area contributed by atoms with E-state index in [9.17, 15) is 19.2 Å². The minimum Gasteiger partial charge on any atom is -0.497 e. The minimum atomic E-state index is -1.18. The molecule has 0 N–H and O–H groups in total. The zero-order valence-electron chi connectivity index (χ0n) is 20.7. The molecule has 1 heterocycles. The largest absolute Gasteiger partial charge is 0.497 e. The molecule has 38 heavy (non-hydrogen) atoms. The topological polar surface area (TPSA) is 90.0 Å². The van der Waals surface area contributed by atoms with Gasteiger partial charge in [0.15, 0.2) is 6.10 Å². The Morgan fingerprint density at radius 3 is 2.11 bits per heavy atom. The number of anilines is 1. The molecule has 6 rings (SSSR count). The first-order chi connectivity index (χ1) is 18.5. The molecule has 0 aromatic heterocycles. The normalized spacial score (nSPS) is 23.9. The SMILES string of the molecule is COc1ccc(C(=O)[C@H](OC(=O)c2cccc(N3C(=O)[C@@H]4[C@H](C3=O)[C@H]3C=C[C@H]4C3)c2)c2ccccc2)cc1. The summed E-state index contributed by atoms with van der Waals surface area (Å²) >= 11 is 0. The van der Waals surface area contributed by atoms with Crippen molar-refractivity contribution in [1.82, 2.24) is 0 Å². The van der Waals surface area contributed by atoms with Crippen LogP contribution in [-0.4, -0.2) is 30.7 Å². The number of methoxy groups -OCH3 is 1. The Morgan fingerprint density at radius 2 is 1.47 bits per heavy atom. The van der Waals surface area contributed by atoms with Crippen molar-refractivity contribution in [2.24, 2.45) is 23.7 Å². The van der Waals surface area contributed by atoms with Crippen LogP contribution in [0.15, 0.2) is 91.0 Å². The molecular formula is C31H25NO6. The first-order valence-corrected chi connectivity index (χ1v) is 12.6. The fourth-order valence-electron chi connectivity index (χ4n) is 5.91. The molecule has 1 aliphatic heterocycles. The lowest BCUT2D eigenvalue weighted by Gasteiger charge is -2.20. The molecule has 0 unspecified atom stereocenters. The monoisotopic (exact) mass is 507 g/mol. The van der Waals surface area contributed by atoms with Crippen molar-refractivity contribution in [2.45, 2.75) is 12.5 Å². The van der Waals surface area contributed by atoms with E-state index in [1.165, 1.54) is 18.1 Å². The van der Waals surface area contributed by atoms with Crippen LogP contribution in [0.4, 0.5) is 5.69 Å². The number of hydrogen-bond acceptors (Lipinski definition) is 6. The highest BCUT2D eigenvalue weighted by Crippen LogP contribution is 2.53. The Morgan fingerprint density at radius 1 is 0.816 bits per heavy atom. The molecule has 5 atom stereocenters. The first kappa shape index (κ1) is 23.9. The lowest BCUT2D eigenvalue weighted by Crippen LogP contribution is -2.33. The number of imide groups is 1. The highest BCUT2D eigenvalue weighted by Gasteiger charge is 2.59. The van der Waals surface area contributed by atoms with Gasteiger partial charge in [-0.3, -0.25) is 14.4 Å². The van der Waals surface area contributed by atoms with Crippen molar-refractivity contribution in [3.05, 3.63) is 108 Å². The smallest absolute Gasteiger partial charge is 0.339 e. The highest BCUT2D eigenvalue weighted by atomic mass is 16.5. The molecule has 3 aromatic rings. The maximum atomic E-state index is 13.4. The molecule has 1 saturated carbocycles. The third kappa shape index (κ3) is 3.91. The summed E-state index contributed by atoms with van der Waals surface area (Å²) in [5.41, 5.74) is 1.37. The zero-order chi connectivity index (χ0) is 26.4.